The highest BCUT2D eigenvalue weighted by molar-refractivity contribution is 8.02. The lowest BCUT2D eigenvalue weighted by Gasteiger charge is -2.52. The fourth-order valence-electron chi connectivity index (χ4n) is 3.36. The second kappa shape index (κ2) is 8.19. The van der Waals surface area contributed by atoms with Gasteiger partial charge in [0.2, 0.25) is 0 Å². The van der Waals surface area contributed by atoms with Gasteiger partial charge in [0.1, 0.15) is 13.1 Å². The van der Waals surface area contributed by atoms with Gasteiger partial charge >= 0.3 is 7.25 Å². The van der Waals surface area contributed by atoms with E-state index in [9.17, 15) is 17.3 Å². The fourth-order valence-corrected chi connectivity index (χ4v) is 7.50. The number of hydrogen-bond donors (Lipinski definition) is 0. The van der Waals surface area contributed by atoms with E-state index >= 15 is 0 Å². The lowest BCUT2D eigenvalue weighted by atomic mass is 9.70. The quantitative estimate of drug-likeness (QED) is 0.294. The topological polar surface area (TPSA) is 3.01 Å². The molecule has 1 rings (SSSR count). The molecule has 0 bridgehead atoms. The Morgan fingerprint density at radius 1 is 1.04 bits per heavy atom. The molecule has 8 heteroatoms. The summed E-state index contributed by atoms with van der Waals surface area (Å²) in [5.41, 5.74) is 3.52. The average molecular weight is 399 g/mol. The molecule has 0 fully saturated rings. The number of rotatable bonds is 4. The van der Waals surface area contributed by atoms with Gasteiger partial charge in [0.05, 0.1) is 13.1 Å². The molecule has 25 heavy (non-hydrogen) atoms. The molecule has 148 valence electrons. The van der Waals surface area contributed by atoms with Crippen LogP contribution < -0.4 is 0 Å². The highest BCUT2D eigenvalue weighted by Gasteiger charge is 2.61. The average Bonchev–Trinajstić information content (AvgIpc) is 2.36. The van der Waals surface area contributed by atoms with Gasteiger partial charge in [-0.05, 0) is 32.4 Å². The van der Waals surface area contributed by atoms with E-state index in [1.54, 1.807) is 16.2 Å². The van der Waals surface area contributed by atoms with E-state index in [4.69, 9.17) is 0 Å². The molecule has 1 aliphatic rings. The third-order valence-corrected chi connectivity index (χ3v) is 9.61. The van der Waals surface area contributed by atoms with Crippen molar-refractivity contribution in [2.24, 2.45) is 5.41 Å². The van der Waals surface area contributed by atoms with Gasteiger partial charge in [-0.25, -0.2) is 4.58 Å². The highest BCUT2D eigenvalue weighted by Crippen LogP contribution is 2.63. The van der Waals surface area contributed by atoms with Crippen LogP contribution in [0, 0.1) is 5.41 Å². The molecule has 0 heterocycles. The molecule has 0 amide bonds. The molecule has 1 nitrogen and oxygen atoms in total. The van der Waals surface area contributed by atoms with Gasteiger partial charge in [-0.1, -0.05) is 40.4 Å². The Kier molecular flexibility index (Phi) is 8.12. The normalized spacial score (nSPS) is 21.6. The maximum absolute atomic E-state index is 9.75. The van der Waals surface area contributed by atoms with Gasteiger partial charge in [-0.3, -0.25) is 0 Å². The van der Waals surface area contributed by atoms with Crippen LogP contribution in [-0.4, -0.2) is 45.0 Å². The second-order valence-corrected chi connectivity index (χ2v) is 14.9. The lowest BCUT2D eigenvalue weighted by Crippen LogP contribution is -2.56. The first-order valence-corrected chi connectivity index (χ1v) is 13.5. The van der Waals surface area contributed by atoms with E-state index in [1.165, 1.54) is 0 Å². The Labute approximate surface area is 156 Å². The molecule has 0 aliphatic heterocycles. The number of halogens is 4. The summed E-state index contributed by atoms with van der Waals surface area (Å²) in [7, 11) is -7.32. The van der Waals surface area contributed by atoms with Crippen molar-refractivity contribution in [1.82, 2.24) is 0 Å². The maximum Gasteiger partial charge on any atom is 0.673 e. The number of hydrogen-bond acceptors (Lipinski definition) is 1. The van der Waals surface area contributed by atoms with Crippen LogP contribution in [0.1, 0.15) is 41.5 Å². The molecule has 1 atom stereocenters. The Morgan fingerprint density at radius 2 is 1.40 bits per heavy atom. The molecule has 1 aliphatic carbocycles. The third-order valence-electron chi connectivity index (χ3n) is 4.93. The Balaban J connectivity index is 0.00000101. The predicted molar refractivity (Wildman–Crippen MR) is 108 cm³/mol. The molecular weight excluding hydrogens is 365 g/mol. The molecule has 0 spiro atoms. The Bertz CT molecular complexity index is 532. The van der Waals surface area contributed by atoms with E-state index in [0.717, 1.165) is 13.1 Å². The monoisotopic (exact) mass is 399 g/mol. The van der Waals surface area contributed by atoms with Gasteiger partial charge in [0.25, 0.3) is 0 Å². The largest absolute Gasteiger partial charge is 0.673 e. The zero-order valence-corrected chi connectivity index (χ0v) is 19.2. The second-order valence-electron chi connectivity index (χ2n) is 8.55. The minimum atomic E-state index is -6.00. The van der Waals surface area contributed by atoms with Crippen LogP contribution in [0.15, 0.2) is 10.5 Å². The predicted octanol–water partition coefficient (Wildman–Crippen LogP) is 6.56. The minimum absolute atomic E-state index is 0.245. The van der Waals surface area contributed by atoms with Crippen molar-refractivity contribution in [3.8, 4) is 0 Å². The van der Waals surface area contributed by atoms with Crippen LogP contribution in [-0.2, 0) is 0 Å². The van der Waals surface area contributed by atoms with Crippen molar-refractivity contribution in [2.45, 2.75) is 66.2 Å². The summed E-state index contributed by atoms with van der Waals surface area (Å²) in [5, 5.41) is 0.320. The summed E-state index contributed by atoms with van der Waals surface area (Å²) in [4.78, 5) is 1.66. The first-order valence-electron chi connectivity index (χ1n) is 8.76. The van der Waals surface area contributed by atoms with Crippen molar-refractivity contribution < 1.29 is 21.8 Å². The third kappa shape index (κ3) is 5.62. The van der Waals surface area contributed by atoms with Gasteiger partial charge in [-0.15, -0.1) is 11.8 Å². The summed E-state index contributed by atoms with van der Waals surface area (Å²) >= 11 is 1.99. The van der Waals surface area contributed by atoms with Crippen molar-refractivity contribution in [3.63, 3.8) is 0 Å². The standard InChI is InChI=1S/C17H34NSSi.BF4/c1-11-18(12-2)14-13(16(3,4)5)15(19-7)17(14,6)20(8,9)10;2-1(3,4)5/h11-12H2,1-10H3;/q+1;-1. The maximum atomic E-state index is 9.75. The van der Waals surface area contributed by atoms with Crippen LogP contribution >= 0.6 is 11.8 Å². The van der Waals surface area contributed by atoms with Gasteiger partial charge in [-0.2, -0.15) is 0 Å². The summed E-state index contributed by atoms with van der Waals surface area (Å²) < 4.78 is 41.6. The van der Waals surface area contributed by atoms with Crippen LogP contribution in [0.3, 0.4) is 0 Å². The smallest absolute Gasteiger partial charge is 0.418 e. The summed E-state index contributed by atoms with van der Waals surface area (Å²) in [6.07, 6.45) is 2.26. The summed E-state index contributed by atoms with van der Waals surface area (Å²) in [6.45, 7) is 24.0. The Morgan fingerprint density at radius 3 is 1.60 bits per heavy atom. The zero-order chi connectivity index (χ0) is 20.4. The summed E-state index contributed by atoms with van der Waals surface area (Å²) in [5.74, 6) is 0. The van der Waals surface area contributed by atoms with E-state index in [1.807, 2.05) is 11.8 Å². The van der Waals surface area contributed by atoms with Crippen molar-refractivity contribution in [3.05, 3.63) is 10.5 Å². The zero-order valence-electron chi connectivity index (χ0n) is 17.4. The molecule has 0 aromatic rings. The van der Waals surface area contributed by atoms with Gasteiger partial charge in [0.15, 0.2) is 5.71 Å². The number of thioether (sulfide) groups is 1. The molecule has 0 saturated heterocycles. The van der Waals surface area contributed by atoms with E-state index < -0.39 is 15.3 Å². The van der Waals surface area contributed by atoms with Crippen molar-refractivity contribution in [1.29, 1.82) is 0 Å². The summed E-state index contributed by atoms with van der Waals surface area (Å²) in [6, 6.07) is 0. The van der Waals surface area contributed by atoms with Crippen LogP contribution in [0.25, 0.3) is 0 Å². The van der Waals surface area contributed by atoms with E-state index in [-0.39, 0.29) is 5.41 Å². The number of nitrogens with zero attached hydrogens (tertiary/aromatic N) is 1. The molecule has 0 radical (unpaired) electrons. The van der Waals surface area contributed by atoms with Gasteiger partial charge in [0, 0.05) is 10.5 Å². The van der Waals surface area contributed by atoms with Crippen molar-refractivity contribution in [2.75, 3.05) is 19.3 Å². The molecule has 0 N–H and O–H groups in total. The first kappa shape index (κ1) is 24.8. The lowest BCUT2D eigenvalue weighted by molar-refractivity contribution is -0.523. The molecule has 0 saturated carbocycles. The number of allylic oxidation sites excluding steroid dienone is 2. The molecule has 0 aromatic heterocycles. The van der Waals surface area contributed by atoms with Crippen molar-refractivity contribution >= 4 is 32.8 Å². The highest BCUT2D eigenvalue weighted by atomic mass is 32.2. The van der Waals surface area contributed by atoms with Crippen LogP contribution in [0.2, 0.25) is 24.7 Å². The molecule has 0 aromatic carbocycles. The Hall–Kier alpha value is -0.238. The van der Waals surface area contributed by atoms with Crippen LogP contribution in [0.5, 0.6) is 0 Å². The fraction of sp³-hybridized carbons (Fsp3) is 0.824. The van der Waals surface area contributed by atoms with Gasteiger partial charge < -0.3 is 17.3 Å². The molecular formula is C17H34BF4NSSi. The molecule has 1 unspecified atom stereocenters. The van der Waals surface area contributed by atoms with E-state index in [2.05, 4.69) is 72.0 Å². The first-order chi connectivity index (χ1) is 11.0. The van der Waals surface area contributed by atoms with E-state index in [0.29, 0.717) is 5.04 Å². The van der Waals surface area contributed by atoms with Crippen LogP contribution in [0.4, 0.5) is 17.3 Å². The minimum Gasteiger partial charge on any atom is -0.418 e. The SMILES string of the molecule is CC[N+](CC)=C1C(C(C)(C)C)=C(SC)C1(C)[Si](C)(C)C.F[B-](F)(F)F.